The zero-order valence-corrected chi connectivity index (χ0v) is 44.4. The van der Waals surface area contributed by atoms with Gasteiger partial charge in [-0.25, -0.2) is 4.79 Å². The number of fused-ring (bicyclic) bond motifs is 7. The molecule has 5 aliphatic carbocycles. The zero-order chi connectivity index (χ0) is 56.2. The van der Waals surface area contributed by atoms with Crippen LogP contribution < -0.4 is 0 Å². The first kappa shape index (κ1) is 59.5. The van der Waals surface area contributed by atoms with E-state index in [1.807, 2.05) is 20.8 Å². The molecule has 0 aromatic carbocycles. The Labute approximate surface area is 440 Å². The Morgan fingerprint density at radius 2 is 1.24 bits per heavy atom. The summed E-state index contributed by atoms with van der Waals surface area (Å²) >= 11 is 0. The maximum absolute atomic E-state index is 13.1. The Bertz CT molecular complexity index is 2160. The Morgan fingerprint density at radius 3 is 1.76 bits per heavy atom. The van der Waals surface area contributed by atoms with Gasteiger partial charge in [-0.1, -0.05) is 53.2 Å². The minimum atomic E-state index is -2.17. The van der Waals surface area contributed by atoms with E-state index in [1.54, 1.807) is 0 Å². The van der Waals surface area contributed by atoms with Gasteiger partial charge in [0, 0.05) is 24.7 Å². The van der Waals surface area contributed by atoms with Gasteiger partial charge in [-0.05, 0) is 78.9 Å². The van der Waals surface area contributed by atoms with Crippen molar-refractivity contribution >= 4 is 17.9 Å². The number of carbonyl (C=O) groups is 3. The minimum Gasteiger partial charge on any atom is -0.479 e. The van der Waals surface area contributed by atoms with Gasteiger partial charge in [-0.2, -0.15) is 0 Å². The summed E-state index contributed by atoms with van der Waals surface area (Å²) in [5, 5.41) is 143. The van der Waals surface area contributed by atoms with Crippen LogP contribution in [0, 0.1) is 50.2 Å². The molecule has 8 aliphatic rings. The topological polar surface area (TPSA) is 388 Å². The summed E-state index contributed by atoms with van der Waals surface area (Å²) in [5.41, 5.74) is -4.00. The van der Waals surface area contributed by atoms with Crippen molar-refractivity contribution in [2.45, 2.75) is 217 Å². The van der Waals surface area contributed by atoms with Crippen LogP contribution in [0.1, 0.15) is 100 Å². The second kappa shape index (κ2) is 21.4. The third kappa shape index (κ3) is 9.37. The van der Waals surface area contributed by atoms with Crippen LogP contribution in [0.4, 0.5) is 0 Å². The molecule has 24 heteroatoms. The fourth-order valence-corrected chi connectivity index (χ4v) is 16.0. The quantitative estimate of drug-likeness (QED) is 0.0525. The molecule has 434 valence electrons. The lowest BCUT2D eigenvalue weighted by atomic mass is 9.33. The average molecular weight is 1090 g/mol. The summed E-state index contributed by atoms with van der Waals surface area (Å²) < 4.78 is 47.3. The van der Waals surface area contributed by atoms with Gasteiger partial charge in [0.25, 0.3) is 0 Å². The smallest absolute Gasteiger partial charge is 0.335 e. The molecule has 3 heterocycles. The van der Waals surface area contributed by atoms with Crippen LogP contribution in [0.3, 0.4) is 0 Å². The molecule has 3 aliphatic heterocycles. The Kier molecular flexibility index (Phi) is 16.8. The molecule has 2 unspecified atom stereocenters. The number of ether oxygens (including phenoxy) is 8. The van der Waals surface area contributed by atoms with Crippen molar-refractivity contribution in [1.29, 1.82) is 0 Å². The lowest BCUT2D eigenvalue weighted by Gasteiger charge is -2.72. The average Bonchev–Trinajstić information content (AvgIpc) is 3.35. The van der Waals surface area contributed by atoms with Crippen molar-refractivity contribution in [3.8, 4) is 0 Å². The lowest BCUT2D eigenvalue weighted by molar-refractivity contribution is -0.392. The highest BCUT2D eigenvalue weighted by Gasteiger charge is 2.74. The van der Waals surface area contributed by atoms with Crippen molar-refractivity contribution in [2.24, 2.45) is 50.2 Å². The number of hydrogen-bond donors (Lipinski definition) is 13. The molecule has 7 fully saturated rings. The number of carbonyl (C=O) groups excluding carboxylic acids is 2. The van der Waals surface area contributed by atoms with Crippen molar-refractivity contribution < 1.29 is 119 Å². The molecule has 4 saturated carbocycles. The van der Waals surface area contributed by atoms with Crippen molar-refractivity contribution in [1.82, 2.24) is 0 Å². The van der Waals surface area contributed by atoms with E-state index in [9.17, 15) is 80.8 Å². The van der Waals surface area contributed by atoms with E-state index >= 15 is 0 Å². The number of hydrogen-bond acceptors (Lipinski definition) is 23. The summed E-state index contributed by atoms with van der Waals surface area (Å²) in [6.45, 7) is 12.3. The van der Waals surface area contributed by atoms with Gasteiger partial charge >= 0.3 is 17.9 Å². The van der Waals surface area contributed by atoms with Gasteiger partial charge in [0.15, 0.2) is 25.0 Å². The molecule has 0 radical (unpaired) electrons. The van der Waals surface area contributed by atoms with Crippen LogP contribution in [0.25, 0.3) is 0 Å². The monoisotopic (exact) mass is 1090 g/mol. The Morgan fingerprint density at radius 1 is 0.658 bits per heavy atom. The predicted molar refractivity (Wildman–Crippen MR) is 255 cm³/mol. The summed E-state index contributed by atoms with van der Waals surface area (Å²) in [7, 11) is 0. The van der Waals surface area contributed by atoms with E-state index < -0.39 is 193 Å². The lowest BCUT2D eigenvalue weighted by Crippen LogP contribution is -2.72. The molecule has 3 saturated heterocycles. The highest BCUT2D eigenvalue weighted by atomic mass is 16.8. The van der Waals surface area contributed by atoms with E-state index in [2.05, 4.69) is 26.8 Å². The number of esters is 2. The number of rotatable bonds is 13. The summed E-state index contributed by atoms with van der Waals surface area (Å²) in [6.07, 6.45) is -28.2. The normalized spacial score (nSPS) is 51.9. The Balaban J connectivity index is 1.11. The van der Waals surface area contributed by atoms with Gasteiger partial charge in [-0.3, -0.25) is 9.59 Å². The molecule has 24 nitrogen and oxygen atoms in total. The van der Waals surface area contributed by atoms with Crippen LogP contribution in [0.15, 0.2) is 11.6 Å². The van der Waals surface area contributed by atoms with Crippen LogP contribution in [-0.2, 0) is 52.3 Å². The Hall–Kier alpha value is -2.57. The number of carboxylic acids is 1. The second-order valence-electron chi connectivity index (χ2n) is 24.8. The van der Waals surface area contributed by atoms with Gasteiger partial charge in [0.1, 0.15) is 86.0 Å². The van der Waals surface area contributed by atoms with Crippen molar-refractivity contribution in [3.05, 3.63) is 11.6 Å². The van der Waals surface area contributed by atoms with Crippen LogP contribution in [-0.4, -0.2) is 227 Å². The maximum atomic E-state index is 13.1. The molecule has 76 heavy (non-hydrogen) atoms. The van der Waals surface area contributed by atoms with Crippen LogP contribution in [0.5, 0.6) is 0 Å². The van der Waals surface area contributed by atoms with Crippen LogP contribution in [0.2, 0.25) is 0 Å². The van der Waals surface area contributed by atoms with Gasteiger partial charge < -0.3 is 104 Å². The molecule has 13 N–H and O–H groups in total. The number of aliphatic hydroxyl groups excluding tert-OH is 12. The molecule has 0 spiro atoms. The molecule has 0 aromatic rings. The van der Waals surface area contributed by atoms with E-state index in [0.717, 1.165) is 5.57 Å². The van der Waals surface area contributed by atoms with Crippen LogP contribution >= 0.6 is 0 Å². The largest absolute Gasteiger partial charge is 0.479 e. The summed E-state index contributed by atoms with van der Waals surface area (Å²) in [6, 6.07) is 0. The van der Waals surface area contributed by atoms with E-state index in [-0.39, 0.29) is 31.3 Å². The molecular formula is C52H82O24. The summed E-state index contributed by atoms with van der Waals surface area (Å²) in [4.78, 5) is 38.0. The van der Waals surface area contributed by atoms with Crippen molar-refractivity contribution in [3.63, 3.8) is 0 Å². The fraction of sp³-hybridized carbons (Fsp3) is 0.904. The third-order valence-corrected chi connectivity index (χ3v) is 20.3. The number of aliphatic carboxylic acids is 1. The predicted octanol–water partition coefficient (Wildman–Crippen LogP) is -2.27. The zero-order valence-electron chi connectivity index (χ0n) is 44.4. The first-order valence-electron chi connectivity index (χ1n) is 26.6. The molecule has 0 bridgehead atoms. The van der Waals surface area contributed by atoms with E-state index in [1.165, 1.54) is 13.8 Å². The number of allylic oxidation sites excluding steroid dienone is 2. The van der Waals surface area contributed by atoms with Crippen molar-refractivity contribution in [2.75, 3.05) is 26.4 Å². The minimum absolute atomic E-state index is 0.0745. The first-order chi connectivity index (χ1) is 35.4. The SMILES string of the molecule is CC(=O)OC[C@]12[C@H](CC(C)(C)[C@H](OC(C)=O)[C@H]1O)C1=CCC3[C@]4(C)CC[C@@H](O[C@H]5O[C@@H](C(=O)O)[C@H](O[C@H]6O[C@@H](CO)[C@H](O)[C@@H](O)[C@@H]6O)[C@@H](O)[C@@H]5O[C@H]5O[C@@H](CO)[C@H](O)[C@@H](O)[C@@H]5O)[C@@](C)(CO)C4CC[C@]3(C)[C@@]1(C)C[C@@H]2O. The number of carboxylic acid groups (broad SMARTS) is 1. The standard InChI is InChI=1S/C52H82O24/c1-21(56)69-20-52-24(15-47(3,4)42(41(52)66)70-22(2)57)23-9-10-28-48(5)13-12-30(49(6,19-55)27(48)11-14-50(28,7)51(23,8)16-29(52)58)73-46-39(75-45-36(64)34(62)32(60)26(18-54)72-45)37(65)38(40(76-46)43(67)68)74-44-35(63)33(61)31(59)25(17-53)71-44/h9,24-42,44-46,53-55,58-66H,10-20H2,1-8H3,(H,67,68)/t24-,25+,26+,27?,28?,29+,30-,31+,32+,33-,34-,35+,36+,37-,38-,39+,40-,41-,42-,44-,45-,46+,48-,49+,50+,51+,52-/m1/s1. The molecule has 8 rings (SSSR count). The molecule has 0 amide bonds. The maximum Gasteiger partial charge on any atom is 0.335 e. The van der Waals surface area contributed by atoms with Gasteiger partial charge in [0.2, 0.25) is 0 Å². The number of aliphatic hydroxyl groups is 12. The highest BCUT2D eigenvalue weighted by Crippen LogP contribution is 2.76. The fourth-order valence-electron chi connectivity index (χ4n) is 16.0. The summed E-state index contributed by atoms with van der Waals surface area (Å²) in [5.74, 6) is -3.77. The first-order valence-corrected chi connectivity index (χ1v) is 26.6. The van der Waals surface area contributed by atoms with E-state index in [4.69, 9.17) is 37.9 Å². The molecule has 27 atom stereocenters. The molecular weight excluding hydrogens is 1010 g/mol. The second-order valence-corrected chi connectivity index (χ2v) is 24.8. The highest BCUT2D eigenvalue weighted by molar-refractivity contribution is 5.73. The van der Waals surface area contributed by atoms with Gasteiger partial charge in [0.05, 0.1) is 37.4 Å². The van der Waals surface area contributed by atoms with Gasteiger partial charge in [-0.15, -0.1) is 0 Å². The van der Waals surface area contributed by atoms with E-state index in [0.29, 0.717) is 32.1 Å². The third-order valence-electron chi connectivity index (χ3n) is 20.3. The molecule has 0 aromatic heterocycles.